The molecular weight excluding hydrogens is 248 g/mol. The Morgan fingerprint density at radius 1 is 1.28 bits per heavy atom. The van der Waals surface area contributed by atoms with Gasteiger partial charge in [-0.15, -0.1) is 0 Å². The fourth-order valence-electron chi connectivity index (χ4n) is 2.89. The summed E-state index contributed by atoms with van der Waals surface area (Å²) in [6, 6.07) is 6.37. The number of benzene rings is 1. The Kier molecular flexibility index (Phi) is 3.14. The van der Waals surface area contributed by atoms with Gasteiger partial charge < -0.3 is 4.57 Å². The Labute approximate surface area is 111 Å². The van der Waals surface area contributed by atoms with Crippen LogP contribution in [0.1, 0.15) is 38.1 Å². The molecule has 0 aliphatic heterocycles. The maximum Gasteiger partial charge on any atom is 0.218 e. The molecule has 0 amide bonds. The third-order valence-corrected chi connectivity index (χ3v) is 4.04. The molecule has 0 radical (unpaired) electrons. The fourth-order valence-corrected chi connectivity index (χ4v) is 3.11. The van der Waals surface area contributed by atoms with Crippen LogP contribution in [0.25, 0.3) is 11.0 Å². The normalized spacial score (nSPS) is 17.2. The number of halogens is 1. The summed E-state index contributed by atoms with van der Waals surface area (Å²) in [5.41, 5.74) is 4.61. The first-order chi connectivity index (χ1) is 8.81. The summed E-state index contributed by atoms with van der Waals surface area (Å²) in [5, 5.41) is 0.679. The van der Waals surface area contributed by atoms with Crippen LogP contribution >= 0.6 is 11.6 Å². The molecular formula is C13H17ClN4. The molecule has 1 aliphatic rings. The molecule has 4 nitrogen and oxygen atoms in total. The molecule has 1 aromatic heterocycles. The van der Waals surface area contributed by atoms with E-state index in [1.807, 2.05) is 12.1 Å². The van der Waals surface area contributed by atoms with E-state index in [1.54, 1.807) is 0 Å². The molecule has 0 saturated heterocycles. The molecule has 1 heterocycles. The average molecular weight is 265 g/mol. The van der Waals surface area contributed by atoms with E-state index in [9.17, 15) is 0 Å². The van der Waals surface area contributed by atoms with Gasteiger partial charge in [0.15, 0.2) is 0 Å². The number of hydrogen-bond donors (Lipinski definition) is 2. The smallest absolute Gasteiger partial charge is 0.218 e. The molecule has 5 heteroatoms. The van der Waals surface area contributed by atoms with Gasteiger partial charge in [-0.2, -0.15) is 0 Å². The predicted molar refractivity (Wildman–Crippen MR) is 74.7 cm³/mol. The number of hydrogen-bond acceptors (Lipinski definition) is 3. The van der Waals surface area contributed by atoms with Gasteiger partial charge in [-0.3, -0.25) is 5.43 Å². The zero-order valence-corrected chi connectivity index (χ0v) is 11.0. The summed E-state index contributed by atoms with van der Waals surface area (Å²) < 4.78 is 2.21. The van der Waals surface area contributed by atoms with Gasteiger partial charge in [0.1, 0.15) is 5.52 Å². The standard InChI is InChI=1S/C13H17ClN4/c14-10-7-4-8-11-12(10)16-13(17-15)18(11)9-5-2-1-3-6-9/h4,7-9H,1-3,5-6,15H2,(H,16,17). The number of nitrogens with one attached hydrogen (secondary N) is 1. The Morgan fingerprint density at radius 3 is 2.78 bits per heavy atom. The van der Waals surface area contributed by atoms with Crippen LogP contribution in [0.15, 0.2) is 18.2 Å². The highest BCUT2D eigenvalue weighted by Crippen LogP contribution is 2.35. The third kappa shape index (κ3) is 1.85. The molecule has 1 aliphatic carbocycles. The van der Waals surface area contributed by atoms with Crippen LogP contribution in [-0.4, -0.2) is 9.55 Å². The average Bonchev–Trinajstić information content (AvgIpc) is 2.80. The van der Waals surface area contributed by atoms with Crippen molar-refractivity contribution in [3.8, 4) is 0 Å². The van der Waals surface area contributed by atoms with E-state index in [0.717, 1.165) is 11.0 Å². The van der Waals surface area contributed by atoms with Crippen molar-refractivity contribution in [3.63, 3.8) is 0 Å². The number of rotatable bonds is 2. The third-order valence-electron chi connectivity index (χ3n) is 3.74. The first-order valence-corrected chi connectivity index (χ1v) is 6.82. The Bertz CT molecular complexity index is 557. The maximum atomic E-state index is 6.19. The number of fused-ring (bicyclic) bond motifs is 1. The number of hydrazine groups is 1. The Balaban J connectivity index is 2.16. The molecule has 2 aromatic rings. The van der Waals surface area contributed by atoms with Crippen molar-refractivity contribution in [1.29, 1.82) is 0 Å². The fraction of sp³-hybridized carbons (Fsp3) is 0.462. The van der Waals surface area contributed by atoms with Crippen LogP contribution in [0.3, 0.4) is 0 Å². The summed E-state index contributed by atoms with van der Waals surface area (Å²) in [5.74, 6) is 6.31. The van der Waals surface area contributed by atoms with Gasteiger partial charge in [0, 0.05) is 6.04 Å². The lowest BCUT2D eigenvalue weighted by Crippen LogP contribution is -2.18. The molecule has 18 heavy (non-hydrogen) atoms. The second kappa shape index (κ2) is 4.78. The first-order valence-electron chi connectivity index (χ1n) is 6.44. The lowest BCUT2D eigenvalue weighted by Gasteiger charge is -2.25. The molecule has 96 valence electrons. The molecule has 1 saturated carbocycles. The topological polar surface area (TPSA) is 55.9 Å². The van der Waals surface area contributed by atoms with Crippen LogP contribution in [0.5, 0.6) is 0 Å². The van der Waals surface area contributed by atoms with Crippen molar-refractivity contribution >= 4 is 28.6 Å². The van der Waals surface area contributed by atoms with Crippen molar-refractivity contribution in [2.75, 3.05) is 5.43 Å². The van der Waals surface area contributed by atoms with E-state index in [4.69, 9.17) is 17.4 Å². The number of nitrogen functional groups attached to an aromatic ring is 1. The van der Waals surface area contributed by atoms with E-state index in [1.165, 1.54) is 32.1 Å². The minimum atomic E-state index is 0.480. The summed E-state index contributed by atoms with van der Waals surface area (Å²) in [6.45, 7) is 0. The van der Waals surface area contributed by atoms with Crippen LogP contribution in [0.2, 0.25) is 5.02 Å². The summed E-state index contributed by atoms with van der Waals surface area (Å²) >= 11 is 6.19. The summed E-state index contributed by atoms with van der Waals surface area (Å²) in [4.78, 5) is 4.50. The van der Waals surface area contributed by atoms with Crippen LogP contribution in [0, 0.1) is 0 Å². The Morgan fingerprint density at radius 2 is 2.06 bits per heavy atom. The van der Waals surface area contributed by atoms with Crippen LogP contribution < -0.4 is 11.3 Å². The van der Waals surface area contributed by atoms with E-state index < -0.39 is 0 Å². The van der Waals surface area contributed by atoms with E-state index >= 15 is 0 Å². The zero-order valence-electron chi connectivity index (χ0n) is 10.2. The van der Waals surface area contributed by atoms with Crippen molar-refractivity contribution in [2.24, 2.45) is 5.84 Å². The molecule has 1 fully saturated rings. The molecule has 3 N–H and O–H groups in total. The largest absolute Gasteiger partial charge is 0.306 e. The lowest BCUT2D eigenvalue weighted by molar-refractivity contribution is 0.362. The van der Waals surface area contributed by atoms with Gasteiger partial charge in [-0.25, -0.2) is 10.8 Å². The van der Waals surface area contributed by atoms with E-state index in [2.05, 4.69) is 21.0 Å². The Hall–Kier alpha value is -1.26. The van der Waals surface area contributed by atoms with Crippen LogP contribution in [-0.2, 0) is 0 Å². The summed E-state index contributed by atoms with van der Waals surface area (Å²) in [6.07, 6.45) is 6.25. The number of para-hydroxylation sites is 1. The number of imidazole rings is 1. The molecule has 3 rings (SSSR count). The van der Waals surface area contributed by atoms with Gasteiger partial charge in [0.2, 0.25) is 5.95 Å². The molecule has 0 bridgehead atoms. The van der Waals surface area contributed by atoms with E-state index in [-0.39, 0.29) is 0 Å². The lowest BCUT2D eigenvalue weighted by atomic mass is 9.95. The minimum absolute atomic E-state index is 0.480. The van der Waals surface area contributed by atoms with E-state index in [0.29, 0.717) is 17.0 Å². The number of nitrogens with two attached hydrogens (primary N) is 1. The van der Waals surface area contributed by atoms with Crippen LogP contribution in [0.4, 0.5) is 5.95 Å². The molecule has 1 aromatic carbocycles. The first kappa shape index (κ1) is 11.8. The number of nitrogens with zero attached hydrogens (tertiary/aromatic N) is 2. The van der Waals surface area contributed by atoms with Crippen molar-refractivity contribution < 1.29 is 0 Å². The van der Waals surface area contributed by atoms with Crippen molar-refractivity contribution in [1.82, 2.24) is 9.55 Å². The minimum Gasteiger partial charge on any atom is -0.306 e. The number of aromatic nitrogens is 2. The SMILES string of the molecule is NNc1nc2c(Cl)cccc2n1C1CCCCC1. The molecule has 0 spiro atoms. The highest BCUT2D eigenvalue weighted by molar-refractivity contribution is 6.35. The zero-order chi connectivity index (χ0) is 12.5. The maximum absolute atomic E-state index is 6.19. The highest BCUT2D eigenvalue weighted by Gasteiger charge is 2.21. The monoisotopic (exact) mass is 264 g/mol. The summed E-state index contributed by atoms with van der Waals surface area (Å²) in [7, 11) is 0. The van der Waals surface area contributed by atoms with Gasteiger partial charge in [0.25, 0.3) is 0 Å². The predicted octanol–water partition coefficient (Wildman–Crippen LogP) is 3.48. The van der Waals surface area contributed by atoms with Gasteiger partial charge >= 0.3 is 0 Å². The van der Waals surface area contributed by atoms with Gasteiger partial charge in [0.05, 0.1) is 10.5 Å². The van der Waals surface area contributed by atoms with Gasteiger partial charge in [-0.1, -0.05) is 36.9 Å². The van der Waals surface area contributed by atoms with Crippen molar-refractivity contribution in [3.05, 3.63) is 23.2 Å². The number of anilines is 1. The quantitative estimate of drug-likeness (QED) is 0.645. The van der Waals surface area contributed by atoms with Crippen molar-refractivity contribution in [2.45, 2.75) is 38.1 Å². The highest BCUT2D eigenvalue weighted by atomic mass is 35.5. The molecule has 0 unspecified atom stereocenters. The second-order valence-corrected chi connectivity index (χ2v) is 5.26. The molecule has 0 atom stereocenters. The van der Waals surface area contributed by atoms with Gasteiger partial charge in [-0.05, 0) is 25.0 Å². The second-order valence-electron chi connectivity index (χ2n) is 4.85.